The molecule has 0 radical (unpaired) electrons. The lowest BCUT2D eigenvalue weighted by Gasteiger charge is -2.12. The first-order valence-corrected chi connectivity index (χ1v) is 9.35. The van der Waals surface area contributed by atoms with Crippen LogP contribution in [0.15, 0.2) is 42.1 Å². The van der Waals surface area contributed by atoms with Crippen molar-refractivity contribution in [1.29, 1.82) is 0 Å². The van der Waals surface area contributed by atoms with Crippen molar-refractivity contribution in [3.8, 4) is 11.5 Å². The number of methoxy groups -OCH3 is 1. The Hall–Kier alpha value is -3.23. The minimum absolute atomic E-state index is 0.0614. The summed E-state index contributed by atoms with van der Waals surface area (Å²) in [7, 11) is 1.37. The van der Waals surface area contributed by atoms with E-state index in [9.17, 15) is 14.4 Å². The molecule has 3 amide bonds. The summed E-state index contributed by atoms with van der Waals surface area (Å²) < 4.78 is 10.3. The van der Waals surface area contributed by atoms with Crippen molar-refractivity contribution >= 4 is 47.2 Å². The van der Waals surface area contributed by atoms with Crippen LogP contribution in [0.25, 0.3) is 6.08 Å². The molecule has 3 rings (SSSR count). The van der Waals surface area contributed by atoms with E-state index in [0.717, 1.165) is 10.5 Å². The number of nitrogens with zero attached hydrogens (tertiary/aromatic N) is 1. The Morgan fingerprint density at radius 2 is 1.90 bits per heavy atom. The first-order valence-electron chi connectivity index (χ1n) is 8.59. The molecule has 0 aromatic heterocycles. The molecule has 0 bridgehead atoms. The van der Waals surface area contributed by atoms with Crippen LogP contribution < -0.4 is 14.8 Å². The van der Waals surface area contributed by atoms with E-state index in [-0.39, 0.29) is 28.8 Å². The van der Waals surface area contributed by atoms with Gasteiger partial charge in [0.2, 0.25) is 0 Å². The monoisotopic (exact) mass is 450 g/mol. The second-order valence-electron chi connectivity index (χ2n) is 6.22. The van der Waals surface area contributed by atoms with E-state index in [0.29, 0.717) is 10.6 Å². The van der Waals surface area contributed by atoms with Crippen molar-refractivity contribution in [2.75, 3.05) is 13.7 Å². The number of benzene rings is 2. The van der Waals surface area contributed by atoms with Gasteiger partial charge < -0.3 is 19.9 Å². The molecule has 1 heterocycles. The Morgan fingerprint density at radius 1 is 1.20 bits per heavy atom. The van der Waals surface area contributed by atoms with Crippen LogP contribution in [0.3, 0.4) is 0 Å². The summed E-state index contributed by atoms with van der Waals surface area (Å²) in [6.45, 7) is -0.504. The van der Waals surface area contributed by atoms with Crippen molar-refractivity contribution in [3.05, 3.63) is 63.3 Å². The van der Waals surface area contributed by atoms with Crippen molar-refractivity contribution in [1.82, 2.24) is 10.2 Å². The summed E-state index contributed by atoms with van der Waals surface area (Å²) >= 11 is 12.0. The third-order valence-corrected chi connectivity index (χ3v) is 4.65. The first-order chi connectivity index (χ1) is 14.3. The van der Waals surface area contributed by atoms with Crippen molar-refractivity contribution in [2.45, 2.75) is 6.54 Å². The van der Waals surface area contributed by atoms with Gasteiger partial charge >= 0.3 is 12.0 Å². The molecule has 2 aromatic rings. The number of imide groups is 1. The highest BCUT2D eigenvalue weighted by molar-refractivity contribution is 6.32. The number of carbonyl (C=O) groups excluding carboxylic acids is 2. The van der Waals surface area contributed by atoms with Crippen molar-refractivity contribution in [3.63, 3.8) is 0 Å². The zero-order valence-electron chi connectivity index (χ0n) is 15.6. The quantitative estimate of drug-likeness (QED) is 0.493. The molecule has 1 saturated heterocycles. The fourth-order valence-electron chi connectivity index (χ4n) is 2.75. The number of nitrogens with one attached hydrogen (secondary N) is 1. The largest absolute Gasteiger partial charge is 0.493 e. The zero-order chi connectivity index (χ0) is 21.8. The summed E-state index contributed by atoms with van der Waals surface area (Å²) in [6.07, 6.45) is 1.44. The van der Waals surface area contributed by atoms with Gasteiger partial charge in [0.05, 0.1) is 18.7 Å². The molecule has 2 N–H and O–H groups in total. The second-order valence-corrected chi connectivity index (χ2v) is 7.07. The summed E-state index contributed by atoms with van der Waals surface area (Å²) in [5.74, 6) is -1.42. The van der Waals surface area contributed by atoms with E-state index in [1.54, 1.807) is 24.3 Å². The molecule has 1 aliphatic rings. The van der Waals surface area contributed by atoms with Crippen LogP contribution >= 0.6 is 23.2 Å². The third-order valence-electron chi connectivity index (χ3n) is 4.12. The molecule has 8 nitrogen and oxygen atoms in total. The van der Waals surface area contributed by atoms with Gasteiger partial charge in [-0.15, -0.1) is 0 Å². The van der Waals surface area contributed by atoms with E-state index in [1.807, 2.05) is 0 Å². The van der Waals surface area contributed by atoms with E-state index in [2.05, 4.69) is 5.32 Å². The van der Waals surface area contributed by atoms with E-state index < -0.39 is 24.5 Å². The van der Waals surface area contributed by atoms with Gasteiger partial charge in [-0.2, -0.15) is 0 Å². The lowest BCUT2D eigenvalue weighted by molar-refractivity contribution is -0.139. The number of aliphatic carboxylic acids is 1. The Labute approximate surface area is 181 Å². The highest BCUT2D eigenvalue weighted by Crippen LogP contribution is 2.37. The molecule has 156 valence electrons. The number of halogens is 2. The van der Waals surface area contributed by atoms with Gasteiger partial charge in [0.25, 0.3) is 5.91 Å². The minimum Gasteiger partial charge on any atom is -0.493 e. The van der Waals surface area contributed by atoms with Crippen LogP contribution in [-0.2, 0) is 16.1 Å². The Balaban J connectivity index is 1.83. The molecule has 0 atom stereocenters. The summed E-state index contributed by atoms with van der Waals surface area (Å²) in [6, 6.07) is 9.23. The standard InChI is InChI=1S/C20H16Cl2N2O6/c1-29-16-8-12(6-14(22)18(16)30-10-17(25)26)7-15-19(27)24(20(28)23-15)9-11-2-4-13(21)5-3-11/h2-8H,9-10H2,1H3,(H,23,28)(H,25,26)/b15-7+. The molecule has 1 fully saturated rings. The normalized spacial score (nSPS) is 14.8. The SMILES string of the molecule is COc1cc(/C=C2/NC(=O)N(Cc3ccc(Cl)cc3)C2=O)cc(Cl)c1OCC(=O)O. The van der Waals surface area contributed by atoms with Gasteiger partial charge in [-0.05, 0) is 41.5 Å². The van der Waals surface area contributed by atoms with Gasteiger partial charge in [-0.1, -0.05) is 35.3 Å². The maximum atomic E-state index is 12.7. The predicted octanol–water partition coefficient (Wildman–Crippen LogP) is 3.56. The van der Waals surface area contributed by atoms with Gasteiger partial charge in [-0.3, -0.25) is 9.69 Å². The Bertz CT molecular complexity index is 1040. The molecular weight excluding hydrogens is 435 g/mol. The molecule has 0 saturated carbocycles. The predicted molar refractivity (Wildman–Crippen MR) is 110 cm³/mol. The minimum atomic E-state index is -1.17. The summed E-state index contributed by atoms with van der Waals surface area (Å²) in [5.41, 5.74) is 1.26. The van der Waals surface area contributed by atoms with E-state index in [1.165, 1.54) is 25.3 Å². The number of carboxylic acid groups (broad SMARTS) is 1. The van der Waals surface area contributed by atoms with Crippen molar-refractivity contribution < 1.29 is 29.0 Å². The fourth-order valence-corrected chi connectivity index (χ4v) is 3.15. The number of urea groups is 1. The molecule has 10 heteroatoms. The maximum absolute atomic E-state index is 12.7. The Kier molecular flexibility index (Phi) is 6.49. The molecule has 2 aromatic carbocycles. The molecule has 0 unspecified atom stereocenters. The van der Waals surface area contributed by atoms with Crippen LogP contribution in [0.2, 0.25) is 10.0 Å². The van der Waals surface area contributed by atoms with E-state index in [4.69, 9.17) is 37.8 Å². The number of amides is 3. The van der Waals surface area contributed by atoms with Gasteiger partial charge in [0.1, 0.15) is 5.70 Å². The maximum Gasteiger partial charge on any atom is 0.341 e. The highest BCUT2D eigenvalue weighted by Gasteiger charge is 2.33. The molecule has 30 heavy (non-hydrogen) atoms. The molecular formula is C20H16Cl2N2O6. The first kappa shape index (κ1) is 21.5. The van der Waals surface area contributed by atoms with Gasteiger partial charge in [0.15, 0.2) is 18.1 Å². The van der Waals surface area contributed by atoms with Crippen LogP contribution in [0.4, 0.5) is 4.79 Å². The average Bonchev–Trinajstić information content (AvgIpc) is 2.95. The van der Waals surface area contributed by atoms with Crippen LogP contribution in [-0.4, -0.2) is 41.6 Å². The molecule has 1 aliphatic heterocycles. The lowest BCUT2D eigenvalue weighted by Crippen LogP contribution is -2.30. The van der Waals surface area contributed by atoms with Gasteiger partial charge in [0, 0.05) is 5.02 Å². The fraction of sp³-hybridized carbons (Fsp3) is 0.150. The summed E-state index contributed by atoms with van der Waals surface area (Å²) in [4.78, 5) is 36.7. The second kappa shape index (κ2) is 9.06. The van der Waals surface area contributed by atoms with Gasteiger partial charge in [-0.25, -0.2) is 9.59 Å². The summed E-state index contributed by atoms with van der Waals surface area (Å²) in [5, 5.41) is 11.9. The van der Waals surface area contributed by atoms with Crippen LogP contribution in [0, 0.1) is 0 Å². The van der Waals surface area contributed by atoms with Crippen LogP contribution in [0.5, 0.6) is 11.5 Å². The highest BCUT2D eigenvalue weighted by atomic mass is 35.5. The third kappa shape index (κ3) is 4.84. The number of hydrogen-bond donors (Lipinski definition) is 2. The molecule has 0 aliphatic carbocycles. The number of hydrogen-bond acceptors (Lipinski definition) is 5. The topological polar surface area (TPSA) is 105 Å². The zero-order valence-corrected chi connectivity index (χ0v) is 17.2. The lowest BCUT2D eigenvalue weighted by atomic mass is 10.1. The van der Waals surface area contributed by atoms with Crippen LogP contribution in [0.1, 0.15) is 11.1 Å². The number of carboxylic acids is 1. The Morgan fingerprint density at radius 3 is 2.53 bits per heavy atom. The van der Waals surface area contributed by atoms with Crippen molar-refractivity contribution in [2.24, 2.45) is 0 Å². The smallest absolute Gasteiger partial charge is 0.341 e. The van der Waals surface area contributed by atoms with E-state index >= 15 is 0 Å². The number of ether oxygens (including phenoxy) is 2. The number of carbonyl (C=O) groups is 3. The average molecular weight is 451 g/mol. The molecule has 0 spiro atoms. The number of rotatable bonds is 7.